The molecule has 0 bridgehead atoms. The molecule has 5 nitrogen and oxygen atoms in total. The van der Waals surface area contributed by atoms with Crippen LogP contribution in [0.4, 0.5) is 0 Å². The number of benzene rings is 1. The quantitative estimate of drug-likeness (QED) is 0.868. The smallest absolute Gasteiger partial charge is 0.242 e. The lowest BCUT2D eigenvalue weighted by Crippen LogP contribution is -2.53. The second kappa shape index (κ2) is 5.93. The van der Waals surface area contributed by atoms with Gasteiger partial charge in [0.1, 0.15) is 0 Å². The fourth-order valence-corrected chi connectivity index (χ4v) is 2.67. The number of likely N-dealkylation sites (N-methyl/N-ethyl adjacent to an activating group) is 1. The molecular formula is C16H24N2O3. The van der Waals surface area contributed by atoms with E-state index in [9.17, 15) is 4.79 Å². The van der Waals surface area contributed by atoms with E-state index in [2.05, 4.69) is 0 Å². The highest BCUT2D eigenvalue weighted by Crippen LogP contribution is 2.39. The van der Waals surface area contributed by atoms with Crippen molar-refractivity contribution in [2.45, 2.75) is 31.8 Å². The minimum Gasteiger partial charge on any atom is -0.493 e. The summed E-state index contributed by atoms with van der Waals surface area (Å²) in [6.45, 7) is 2.27. The molecule has 1 fully saturated rings. The van der Waals surface area contributed by atoms with Crippen molar-refractivity contribution in [2.24, 2.45) is 11.7 Å². The van der Waals surface area contributed by atoms with E-state index in [-0.39, 0.29) is 5.91 Å². The summed E-state index contributed by atoms with van der Waals surface area (Å²) < 4.78 is 10.7. The van der Waals surface area contributed by atoms with Gasteiger partial charge in [0, 0.05) is 19.2 Å². The van der Waals surface area contributed by atoms with E-state index in [1.807, 2.05) is 25.1 Å². The summed E-state index contributed by atoms with van der Waals surface area (Å²) in [5.41, 5.74) is 6.32. The minimum atomic E-state index is -0.777. The maximum atomic E-state index is 12.5. The molecule has 1 saturated carbocycles. The van der Waals surface area contributed by atoms with Crippen LogP contribution < -0.4 is 15.2 Å². The Balaban J connectivity index is 2.16. The Morgan fingerprint density at radius 3 is 2.57 bits per heavy atom. The van der Waals surface area contributed by atoms with Gasteiger partial charge in [0.05, 0.1) is 19.8 Å². The molecule has 1 atom stereocenters. The molecule has 0 saturated heterocycles. The SMILES string of the molecule is COc1cccc(CN(C)C(=O)C(C)(N)C2CC2)c1OC. The number of hydrogen-bond donors (Lipinski definition) is 1. The van der Waals surface area contributed by atoms with Crippen molar-refractivity contribution in [3.63, 3.8) is 0 Å². The molecule has 1 aliphatic carbocycles. The number of amides is 1. The highest BCUT2D eigenvalue weighted by Gasteiger charge is 2.45. The van der Waals surface area contributed by atoms with E-state index in [1.165, 1.54) is 0 Å². The van der Waals surface area contributed by atoms with Gasteiger partial charge in [0.15, 0.2) is 11.5 Å². The first kappa shape index (κ1) is 15.6. The zero-order valence-electron chi connectivity index (χ0n) is 13.2. The van der Waals surface area contributed by atoms with Crippen molar-refractivity contribution >= 4 is 5.91 Å². The van der Waals surface area contributed by atoms with Gasteiger partial charge in [-0.2, -0.15) is 0 Å². The van der Waals surface area contributed by atoms with E-state index < -0.39 is 5.54 Å². The monoisotopic (exact) mass is 292 g/mol. The van der Waals surface area contributed by atoms with Gasteiger partial charge >= 0.3 is 0 Å². The zero-order chi connectivity index (χ0) is 15.6. The highest BCUT2D eigenvalue weighted by atomic mass is 16.5. The van der Waals surface area contributed by atoms with Crippen molar-refractivity contribution in [3.05, 3.63) is 23.8 Å². The summed E-state index contributed by atoms with van der Waals surface area (Å²) in [5.74, 6) is 1.59. The first-order valence-corrected chi connectivity index (χ1v) is 7.16. The van der Waals surface area contributed by atoms with Crippen LogP contribution in [0, 0.1) is 5.92 Å². The molecule has 0 spiro atoms. The minimum absolute atomic E-state index is 0.0325. The predicted octanol–water partition coefficient (Wildman–Crippen LogP) is 1.79. The molecule has 1 amide bonds. The van der Waals surface area contributed by atoms with Crippen LogP contribution in [0.1, 0.15) is 25.3 Å². The molecule has 116 valence electrons. The molecule has 1 aromatic rings. The molecule has 0 aliphatic heterocycles. The van der Waals surface area contributed by atoms with Crippen molar-refractivity contribution in [1.29, 1.82) is 0 Å². The highest BCUT2D eigenvalue weighted by molar-refractivity contribution is 5.86. The topological polar surface area (TPSA) is 64.8 Å². The van der Waals surface area contributed by atoms with Crippen LogP contribution in [0.3, 0.4) is 0 Å². The van der Waals surface area contributed by atoms with Crippen LogP contribution in [0.5, 0.6) is 11.5 Å². The Hall–Kier alpha value is -1.75. The third-order valence-corrected chi connectivity index (χ3v) is 4.12. The van der Waals surface area contributed by atoms with Gasteiger partial charge in [-0.1, -0.05) is 12.1 Å². The van der Waals surface area contributed by atoms with Crippen molar-refractivity contribution < 1.29 is 14.3 Å². The number of ether oxygens (including phenoxy) is 2. The Labute approximate surface area is 126 Å². The number of nitrogens with two attached hydrogens (primary N) is 1. The number of hydrogen-bond acceptors (Lipinski definition) is 4. The van der Waals surface area contributed by atoms with E-state index in [0.717, 1.165) is 18.4 Å². The second-order valence-electron chi connectivity index (χ2n) is 5.87. The van der Waals surface area contributed by atoms with E-state index in [1.54, 1.807) is 26.2 Å². The van der Waals surface area contributed by atoms with Gasteiger partial charge in [0.2, 0.25) is 5.91 Å². The van der Waals surface area contributed by atoms with E-state index >= 15 is 0 Å². The Morgan fingerprint density at radius 2 is 2.05 bits per heavy atom. The molecule has 1 aliphatic rings. The maximum Gasteiger partial charge on any atom is 0.242 e. The van der Waals surface area contributed by atoms with Gasteiger partial charge in [-0.3, -0.25) is 4.79 Å². The Kier molecular flexibility index (Phi) is 4.42. The summed E-state index contributed by atoms with van der Waals surface area (Å²) in [5, 5.41) is 0. The van der Waals surface area contributed by atoms with Crippen LogP contribution in [0.2, 0.25) is 0 Å². The summed E-state index contributed by atoms with van der Waals surface area (Å²) in [6.07, 6.45) is 2.07. The van der Waals surface area contributed by atoms with Gasteiger partial charge in [-0.05, 0) is 31.7 Å². The summed E-state index contributed by atoms with van der Waals surface area (Å²) >= 11 is 0. The first-order valence-electron chi connectivity index (χ1n) is 7.16. The van der Waals surface area contributed by atoms with Crippen LogP contribution in [-0.2, 0) is 11.3 Å². The fourth-order valence-electron chi connectivity index (χ4n) is 2.67. The van der Waals surface area contributed by atoms with E-state index in [4.69, 9.17) is 15.2 Å². The summed E-state index contributed by atoms with van der Waals surface area (Å²) in [4.78, 5) is 14.2. The molecule has 2 rings (SSSR count). The molecule has 2 N–H and O–H groups in total. The van der Waals surface area contributed by atoms with Crippen LogP contribution in [0.15, 0.2) is 18.2 Å². The number of rotatable bonds is 6. The molecule has 5 heteroatoms. The molecule has 21 heavy (non-hydrogen) atoms. The number of methoxy groups -OCH3 is 2. The second-order valence-corrected chi connectivity index (χ2v) is 5.87. The van der Waals surface area contributed by atoms with Gasteiger partial charge in [-0.15, -0.1) is 0 Å². The summed E-state index contributed by atoms with van der Waals surface area (Å²) in [7, 11) is 4.97. The van der Waals surface area contributed by atoms with Gasteiger partial charge in [0.25, 0.3) is 0 Å². The van der Waals surface area contributed by atoms with Gasteiger partial charge in [-0.25, -0.2) is 0 Å². The molecule has 1 unspecified atom stereocenters. The van der Waals surface area contributed by atoms with Crippen LogP contribution >= 0.6 is 0 Å². The number of carbonyl (C=O) groups is 1. The molecule has 0 radical (unpaired) electrons. The lowest BCUT2D eigenvalue weighted by Gasteiger charge is -2.29. The lowest BCUT2D eigenvalue weighted by atomic mass is 9.95. The molecule has 1 aromatic carbocycles. The standard InChI is InChI=1S/C16H24N2O3/c1-16(17,12-8-9-12)15(19)18(2)10-11-6-5-7-13(20-3)14(11)21-4/h5-7,12H,8-10,17H2,1-4H3. The third-order valence-electron chi connectivity index (χ3n) is 4.12. The largest absolute Gasteiger partial charge is 0.493 e. The molecule has 0 heterocycles. The normalized spacial score (nSPS) is 17.0. The lowest BCUT2D eigenvalue weighted by molar-refractivity contribution is -0.136. The first-order chi connectivity index (χ1) is 9.91. The Bertz CT molecular complexity index is 524. The maximum absolute atomic E-state index is 12.5. The summed E-state index contributed by atoms with van der Waals surface area (Å²) in [6, 6.07) is 5.65. The number of para-hydroxylation sites is 1. The predicted molar refractivity (Wildman–Crippen MR) is 81.3 cm³/mol. The number of carbonyl (C=O) groups excluding carboxylic acids is 1. The fraction of sp³-hybridized carbons (Fsp3) is 0.562. The van der Waals surface area contributed by atoms with Crippen molar-refractivity contribution in [2.75, 3.05) is 21.3 Å². The zero-order valence-corrected chi connectivity index (χ0v) is 13.2. The van der Waals surface area contributed by atoms with E-state index in [0.29, 0.717) is 24.0 Å². The van der Waals surface area contributed by atoms with Crippen LogP contribution in [-0.4, -0.2) is 37.6 Å². The van der Waals surface area contributed by atoms with Crippen molar-refractivity contribution in [1.82, 2.24) is 4.90 Å². The average molecular weight is 292 g/mol. The molecular weight excluding hydrogens is 268 g/mol. The number of nitrogens with zero attached hydrogens (tertiary/aromatic N) is 1. The van der Waals surface area contributed by atoms with Gasteiger partial charge < -0.3 is 20.1 Å². The molecule has 0 aromatic heterocycles. The van der Waals surface area contributed by atoms with Crippen LogP contribution in [0.25, 0.3) is 0 Å². The third kappa shape index (κ3) is 3.13. The Morgan fingerprint density at radius 1 is 1.38 bits per heavy atom. The van der Waals surface area contributed by atoms with Crippen molar-refractivity contribution in [3.8, 4) is 11.5 Å². The average Bonchev–Trinajstić information content (AvgIpc) is 3.30.